The second-order valence-electron chi connectivity index (χ2n) is 5.30. The van der Waals surface area contributed by atoms with Crippen LogP contribution < -0.4 is 5.32 Å². The summed E-state index contributed by atoms with van der Waals surface area (Å²) in [6.07, 6.45) is 2.18. The second kappa shape index (κ2) is 7.04. The van der Waals surface area contributed by atoms with Crippen LogP contribution in [0, 0.1) is 11.7 Å². The summed E-state index contributed by atoms with van der Waals surface area (Å²) in [6, 6.07) is 6.16. The van der Waals surface area contributed by atoms with Crippen molar-refractivity contribution in [3.63, 3.8) is 0 Å². The predicted octanol–water partition coefficient (Wildman–Crippen LogP) is 2.24. The average Bonchev–Trinajstić information content (AvgIpc) is 3.02. The molecule has 6 nitrogen and oxygen atoms in total. The van der Waals surface area contributed by atoms with Gasteiger partial charge in [0.2, 0.25) is 0 Å². The summed E-state index contributed by atoms with van der Waals surface area (Å²) in [7, 11) is 0. The Bertz CT molecular complexity index is 697. The number of amides is 1. The quantitative estimate of drug-likeness (QED) is 0.855. The molecule has 0 fully saturated rings. The largest absolute Gasteiger partial charge is 0.480 e. The van der Waals surface area contributed by atoms with Gasteiger partial charge in [-0.15, -0.1) is 0 Å². The Kier molecular flexibility index (Phi) is 5.10. The molecule has 2 atom stereocenters. The van der Waals surface area contributed by atoms with E-state index in [1.807, 2.05) is 6.92 Å². The number of halogens is 1. The molecule has 0 radical (unpaired) electrons. The number of carboxylic acid groups (broad SMARTS) is 1. The number of nitrogens with one attached hydrogen (secondary N) is 1. The molecule has 2 aromatic rings. The van der Waals surface area contributed by atoms with Crippen molar-refractivity contribution in [1.29, 1.82) is 0 Å². The first-order valence-corrected chi connectivity index (χ1v) is 7.27. The Labute approximate surface area is 132 Å². The van der Waals surface area contributed by atoms with E-state index in [4.69, 9.17) is 0 Å². The Morgan fingerprint density at radius 2 is 1.96 bits per heavy atom. The van der Waals surface area contributed by atoms with Crippen molar-refractivity contribution in [2.75, 3.05) is 0 Å². The zero-order valence-electron chi connectivity index (χ0n) is 12.9. The lowest BCUT2D eigenvalue weighted by atomic mass is 9.99. The van der Waals surface area contributed by atoms with Crippen LogP contribution in [-0.2, 0) is 4.79 Å². The third-order valence-electron chi connectivity index (χ3n) is 3.68. The Balaban J connectivity index is 2.14. The Morgan fingerprint density at radius 1 is 1.30 bits per heavy atom. The van der Waals surface area contributed by atoms with Crippen LogP contribution in [0.15, 0.2) is 36.5 Å². The van der Waals surface area contributed by atoms with Crippen LogP contribution in [0.2, 0.25) is 0 Å². The van der Waals surface area contributed by atoms with Crippen molar-refractivity contribution in [3.05, 3.63) is 48.0 Å². The van der Waals surface area contributed by atoms with Crippen LogP contribution >= 0.6 is 0 Å². The molecule has 2 rings (SSSR count). The molecule has 7 heteroatoms. The highest BCUT2D eigenvalue weighted by molar-refractivity contribution is 5.95. The van der Waals surface area contributed by atoms with Crippen LogP contribution in [-0.4, -0.2) is 32.8 Å². The highest BCUT2D eigenvalue weighted by Gasteiger charge is 2.26. The van der Waals surface area contributed by atoms with Gasteiger partial charge in [-0.2, -0.15) is 5.10 Å². The summed E-state index contributed by atoms with van der Waals surface area (Å²) < 4.78 is 14.3. The molecule has 1 amide bonds. The predicted molar refractivity (Wildman–Crippen MR) is 81.9 cm³/mol. The van der Waals surface area contributed by atoms with Crippen molar-refractivity contribution in [1.82, 2.24) is 15.1 Å². The maximum atomic E-state index is 12.9. The van der Waals surface area contributed by atoms with Gasteiger partial charge in [-0.1, -0.05) is 20.3 Å². The summed E-state index contributed by atoms with van der Waals surface area (Å²) in [5.74, 6) is -2.20. The van der Waals surface area contributed by atoms with Crippen molar-refractivity contribution >= 4 is 11.9 Å². The van der Waals surface area contributed by atoms with Crippen molar-refractivity contribution in [2.45, 2.75) is 26.3 Å². The molecule has 0 bridgehead atoms. The SMILES string of the molecule is CCC(C)C(NC(=O)c1ccn(-c2ccc(F)cc2)n1)C(=O)O. The molecule has 1 aromatic carbocycles. The van der Waals surface area contributed by atoms with Gasteiger partial charge in [-0.3, -0.25) is 4.79 Å². The van der Waals surface area contributed by atoms with Gasteiger partial charge in [-0.25, -0.2) is 13.9 Å². The molecule has 1 heterocycles. The lowest BCUT2D eigenvalue weighted by molar-refractivity contribution is -0.140. The maximum absolute atomic E-state index is 12.9. The summed E-state index contributed by atoms with van der Waals surface area (Å²) >= 11 is 0. The second-order valence-corrected chi connectivity index (χ2v) is 5.30. The zero-order valence-corrected chi connectivity index (χ0v) is 12.9. The molecule has 122 valence electrons. The van der Waals surface area contributed by atoms with Crippen LogP contribution in [0.5, 0.6) is 0 Å². The van der Waals surface area contributed by atoms with E-state index in [0.29, 0.717) is 12.1 Å². The summed E-state index contributed by atoms with van der Waals surface area (Å²) in [5.41, 5.74) is 0.700. The van der Waals surface area contributed by atoms with E-state index in [1.165, 1.54) is 35.0 Å². The average molecular weight is 319 g/mol. The smallest absolute Gasteiger partial charge is 0.326 e. The first-order valence-electron chi connectivity index (χ1n) is 7.27. The van der Waals surface area contributed by atoms with Crippen LogP contribution in [0.3, 0.4) is 0 Å². The van der Waals surface area contributed by atoms with Gasteiger partial charge in [0.05, 0.1) is 5.69 Å². The van der Waals surface area contributed by atoms with Crippen LogP contribution in [0.25, 0.3) is 5.69 Å². The van der Waals surface area contributed by atoms with Crippen molar-refractivity contribution < 1.29 is 19.1 Å². The molecule has 1 aromatic heterocycles. The van der Waals surface area contributed by atoms with Crippen molar-refractivity contribution in [3.8, 4) is 5.69 Å². The number of carbonyl (C=O) groups excluding carboxylic acids is 1. The van der Waals surface area contributed by atoms with Crippen LogP contribution in [0.4, 0.5) is 4.39 Å². The first kappa shape index (κ1) is 16.7. The van der Waals surface area contributed by atoms with Gasteiger partial charge < -0.3 is 10.4 Å². The molecule has 0 spiro atoms. The number of aromatic nitrogens is 2. The highest BCUT2D eigenvalue weighted by atomic mass is 19.1. The number of carboxylic acids is 1. The van der Waals surface area contributed by atoms with Crippen molar-refractivity contribution in [2.24, 2.45) is 5.92 Å². The summed E-state index contributed by atoms with van der Waals surface area (Å²) in [4.78, 5) is 23.4. The van der Waals surface area contributed by atoms with E-state index in [-0.39, 0.29) is 17.4 Å². The molecular formula is C16H18FN3O3. The lowest BCUT2D eigenvalue weighted by Crippen LogP contribution is -2.45. The monoisotopic (exact) mass is 319 g/mol. The number of rotatable bonds is 6. The Morgan fingerprint density at radius 3 is 2.52 bits per heavy atom. The van der Waals surface area contributed by atoms with Gasteiger partial charge in [0.15, 0.2) is 5.69 Å². The third kappa shape index (κ3) is 3.94. The molecule has 23 heavy (non-hydrogen) atoms. The summed E-state index contributed by atoms with van der Waals surface area (Å²) in [6.45, 7) is 3.62. The molecule has 0 saturated heterocycles. The number of hydrogen-bond donors (Lipinski definition) is 2. The minimum Gasteiger partial charge on any atom is -0.480 e. The molecule has 2 N–H and O–H groups in total. The topological polar surface area (TPSA) is 84.2 Å². The fourth-order valence-corrected chi connectivity index (χ4v) is 2.08. The fourth-order valence-electron chi connectivity index (χ4n) is 2.08. The summed E-state index contributed by atoms with van der Waals surface area (Å²) in [5, 5.41) is 15.8. The van der Waals surface area contributed by atoms with Gasteiger partial charge in [0, 0.05) is 6.20 Å². The molecule has 0 aliphatic heterocycles. The van der Waals surface area contributed by atoms with Crippen LogP contribution in [0.1, 0.15) is 30.8 Å². The molecule has 2 unspecified atom stereocenters. The molecule has 0 aliphatic rings. The molecule has 0 aliphatic carbocycles. The number of aliphatic carboxylic acids is 1. The minimum absolute atomic E-state index is 0.101. The van der Waals surface area contributed by atoms with E-state index in [1.54, 1.807) is 13.1 Å². The standard InChI is InChI=1S/C16H18FN3O3/c1-3-10(2)14(16(22)23)18-15(21)13-8-9-20(19-13)12-6-4-11(17)5-7-12/h4-10,14H,3H2,1-2H3,(H,18,21)(H,22,23). The van der Waals surface area contributed by atoms with Gasteiger partial charge >= 0.3 is 5.97 Å². The van der Waals surface area contributed by atoms with E-state index < -0.39 is 17.9 Å². The third-order valence-corrected chi connectivity index (χ3v) is 3.68. The van der Waals surface area contributed by atoms with E-state index in [9.17, 15) is 19.1 Å². The number of benzene rings is 1. The first-order chi connectivity index (χ1) is 10.9. The normalized spacial score (nSPS) is 13.3. The van der Waals surface area contributed by atoms with E-state index in [2.05, 4.69) is 10.4 Å². The Hall–Kier alpha value is -2.70. The number of nitrogens with zero attached hydrogens (tertiary/aromatic N) is 2. The van der Waals surface area contributed by atoms with Gasteiger partial charge in [0.1, 0.15) is 11.9 Å². The fraction of sp³-hybridized carbons (Fsp3) is 0.312. The number of carbonyl (C=O) groups is 2. The lowest BCUT2D eigenvalue weighted by Gasteiger charge is -2.19. The van der Waals surface area contributed by atoms with Gasteiger partial charge in [0.25, 0.3) is 5.91 Å². The van der Waals surface area contributed by atoms with Gasteiger partial charge in [-0.05, 0) is 36.2 Å². The molecule has 0 saturated carbocycles. The molecular weight excluding hydrogens is 301 g/mol. The highest BCUT2D eigenvalue weighted by Crippen LogP contribution is 2.11. The number of hydrogen-bond acceptors (Lipinski definition) is 3. The zero-order chi connectivity index (χ0) is 17.0. The van der Waals surface area contributed by atoms with E-state index >= 15 is 0 Å². The van der Waals surface area contributed by atoms with E-state index in [0.717, 1.165) is 0 Å². The minimum atomic E-state index is -1.08. The maximum Gasteiger partial charge on any atom is 0.326 e.